The summed E-state index contributed by atoms with van der Waals surface area (Å²) in [5.41, 5.74) is 7.46. The summed E-state index contributed by atoms with van der Waals surface area (Å²) in [6.45, 7) is 0.556. The molecule has 2 aromatic rings. The van der Waals surface area contributed by atoms with Crippen molar-refractivity contribution in [3.05, 3.63) is 39.9 Å². The molecule has 0 radical (unpaired) electrons. The van der Waals surface area contributed by atoms with E-state index in [1.807, 2.05) is 30.5 Å². The highest BCUT2D eigenvalue weighted by molar-refractivity contribution is 9.10. The van der Waals surface area contributed by atoms with Crippen LogP contribution < -0.4 is 5.73 Å². The third-order valence-corrected chi connectivity index (χ3v) is 3.65. The lowest BCUT2D eigenvalue weighted by Gasteiger charge is -2.04. The van der Waals surface area contributed by atoms with E-state index in [0.717, 1.165) is 10.0 Å². The van der Waals surface area contributed by atoms with Crippen molar-refractivity contribution in [2.75, 3.05) is 12.0 Å². The molecule has 0 spiro atoms. The Morgan fingerprint density at radius 1 is 1.56 bits per heavy atom. The first kappa shape index (κ1) is 13.0. The van der Waals surface area contributed by atoms with Crippen LogP contribution in [0.1, 0.15) is 11.1 Å². The maximum absolute atomic E-state index is 9.05. The Hall–Kier alpha value is -1.45. The molecular weight excluding hydrogens is 312 g/mol. The zero-order valence-electron chi connectivity index (χ0n) is 9.72. The molecule has 1 heterocycles. The van der Waals surface area contributed by atoms with Crippen molar-refractivity contribution in [1.29, 1.82) is 5.26 Å². The van der Waals surface area contributed by atoms with Crippen LogP contribution in [0.25, 0.3) is 0 Å². The van der Waals surface area contributed by atoms with Crippen molar-refractivity contribution in [2.24, 2.45) is 0 Å². The Bertz CT molecular complexity index is 615. The van der Waals surface area contributed by atoms with Crippen LogP contribution in [0, 0.1) is 11.3 Å². The molecule has 1 aromatic carbocycles. The van der Waals surface area contributed by atoms with Gasteiger partial charge in [-0.25, -0.2) is 4.68 Å². The Balaban J connectivity index is 2.36. The molecular formula is C12H11BrN4S. The molecule has 0 saturated heterocycles. The van der Waals surface area contributed by atoms with E-state index in [2.05, 4.69) is 27.1 Å². The fourth-order valence-corrected chi connectivity index (χ4v) is 2.61. The van der Waals surface area contributed by atoms with Gasteiger partial charge >= 0.3 is 0 Å². The van der Waals surface area contributed by atoms with Gasteiger partial charge in [0.15, 0.2) is 0 Å². The van der Waals surface area contributed by atoms with E-state index >= 15 is 0 Å². The maximum atomic E-state index is 9.05. The Kier molecular flexibility index (Phi) is 3.94. The lowest BCUT2D eigenvalue weighted by Crippen LogP contribution is -2.06. The highest BCUT2D eigenvalue weighted by Gasteiger charge is 2.14. The van der Waals surface area contributed by atoms with Gasteiger partial charge in [-0.15, -0.1) is 11.8 Å². The van der Waals surface area contributed by atoms with Crippen LogP contribution in [0.5, 0.6) is 0 Å². The fourth-order valence-electron chi connectivity index (χ4n) is 1.63. The van der Waals surface area contributed by atoms with Crippen LogP contribution >= 0.6 is 27.7 Å². The number of thioether (sulfide) groups is 1. The average Bonchev–Trinajstić information content (AvgIpc) is 2.66. The minimum absolute atomic E-state index is 0.418. The Morgan fingerprint density at radius 3 is 2.89 bits per heavy atom. The maximum Gasteiger partial charge on any atom is 0.141 e. The number of aromatic nitrogens is 2. The van der Waals surface area contributed by atoms with E-state index in [-0.39, 0.29) is 0 Å². The van der Waals surface area contributed by atoms with E-state index in [1.165, 1.54) is 11.8 Å². The number of rotatable bonds is 3. The number of nitrogens with zero attached hydrogens (tertiary/aromatic N) is 3. The molecule has 1 aromatic heterocycles. The number of benzene rings is 1. The average molecular weight is 323 g/mol. The molecule has 0 fully saturated rings. The van der Waals surface area contributed by atoms with E-state index in [4.69, 9.17) is 11.0 Å². The fraction of sp³-hybridized carbons (Fsp3) is 0.167. The smallest absolute Gasteiger partial charge is 0.141 e. The van der Waals surface area contributed by atoms with Gasteiger partial charge in [-0.05, 0) is 24.0 Å². The van der Waals surface area contributed by atoms with E-state index in [1.54, 1.807) is 4.68 Å². The first-order valence-electron chi connectivity index (χ1n) is 5.20. The first-order chi connectivity index (χ1) is 8.65. The van der Waals surface area contributed by atoms with Crippen molar-refractivity contribution in [2.45, 2.75) is 11.6 Å². The van der Waals surface area contributed by atoms with Gasteiger partial charge < -0.3 is 5.73 Å². The van der Waals surface area contributed by atoms with Gasteiger partial charge in [0.05, 0.1) is 6.54 Å². The number of anilines is 1. The largest absolute Gasteiger partial charge is 0.383 e. The van der Waals surface area contributed by atoms with Crippen LogP contribution in [0.15, 0.2) is 33.8 Å². The van der Waals surface area contributed by atoms with E-state index < -0.39 is 0 Å². The number of halogens is 1. The van der Waals surface area contributed by atoms with Crippen molar-refractivity contribution in [1.82, 2.24) is 9.78 Å². The lowest BCUT2D eigenvalue weighted by atomic mass is 10.2. The van der Waals surface area contributed by atoms with Crippen molar-refractivity contribution in [3.8, 4) is 6.07 Å². The van der Waals surface area contributed by atoms with Gasteiger partial charge in [0, 0.05) is 4.47 Å². The third kappa shape index (κ3) is 2.52. The molecule has 0 saturated carbocycles. The summed E-state index contributed by atoms with van der Waals surface area (Å²) < 4.78 is 2.67. The standard InChI is InChI=1S/C12H11BrN4S/c1-18-12-10(6-14)11(15)17(16-12)7-8-3-2-4-9(13)5-8/h2-5H,7,15H2,1H3. The van der Waals surface area contributed by atoms with Crippen LogP contribution in [0.4, 0.5) is 5.82 Å². The van der Waals surface area contributed by atoms with Gasteiger partial charge in [-0.2, -0.15) is 10.4 Å². The second-order valence-corrected chi connectivity index (χ2v) is 5.38. The predicted molar refractivity (Wildman–Crippen MR) is 76.4 cm³/mol. The molecule has 2 N–H and O–H groups in total. The number of hydrogen-bond donors (Lipinski definition) is 1. The number of nitrogens with two attached hydrogens (primary N) is 1. The summed E-state index contributed by atoms with van der Waals surface area (Å²) in [4.78, 5) is 0. The minimum Gasteiger partial charge on any atom is -0.383 e. The van der Waals surface area contributed by atoms with Crippen molar-refractivity contribution in [3.63, 3.8) is 0 Å². The SMILES string of the molecule is CSc1nn(Cc2cccc(Br)c2)c(N)c1C#N. The van der Waals surface area contributed by atoms with Gasteiger partial charge in [0.25, 0.3) is 0 Å². The summed E-state index contributed by atoms with van der Waals surface area (Å²) in [6.07, 6.45) is 1.88. The van der Waals surface area contributed by atoms with E-state index in [9.17, 15) is 0 Å². The zero-order chi connectivity index (χ0) is 13.1. The van der Waals surface area contributed by atoms with Crippen LogP contribution in [0.3, 0.4) is 0 Å². The Labute approximate surface area is 118 Å². The molecule has 4 nitrogen and oxygen atoms in total. The molecule has 0 aliphatic rings. The highest BCUT2D eigenvalue weighted by Crippen LogP contribution is 2.24. The zero-order valence-corrected chi connectivity index (χ0v) is 12.1. The molecule has 0 aliphatic carbocycles. The van der Waals surface area contributed by atoms with Crippen molar-refractivity contribution >= 4 is 33.5 Å². The first-order valence-corrected chi connectivity index (χ1v) is 7.22. The molecule has 0 atom stereocenters. The molecule has 2 rings (SSSR count). The third-order valence-electron chi connectivity index (χ3n) is 2.49. The predicted octanol–water partition coefficient (Wildman–Crippen LogP) is 2.87. The molecule has 18 heavy (non-hydrogen) atoms. The quantitative estimate of drug-likeness (QED) is 0.882. The highest BCUT2D eigenvalue weighted by atomic mass is 79.9. The molecule has 6 heteroatoms. The van der Waals surface area contributed by atoms with Crippen LogP contribution in [-0.4, -0.2) is 16.0 Å². The number of hydrogen-bond acceptors (Lipinski definition) is 4. The lowest BCUT2D eigenvalue weighted by molar-refractivity contribution is 0.675. The van der Waals surface area contributed by atoms with Gasteiger partial charge in [-0.1, -0.05) is 28.1 Å². The van der Waals surface area contributed by atoms with Gasteiger partial charge in [0.1, 0.15) is 22.5 Å². The van der Waals surface area contributed by atoms with Crippen molar-refractivity contribution < 1.29 is 0 Å². The van der Waals surface area contributed by atoms with E-state index in [0.29, 0.717) is 23.0 Å². The number of nitriles is 1. The molecule has 0 amide bonds. The van der Waals surface area contributed by atoms with Gasteiger partial charge in [0.2, 0.25) is 0 Å². The summed E-state index contributed by atoms with van der Waals surface area (Å²) >= 11 is 4.85. The Morgan fingerprint density at radius 2 is 2.33 bits per heavy atom. The summed E-state index contributed by atoms with van der Waals surface area (Å²) in [6, 6.07) is 10.0. The molecule has 0 unspecified atom stereocenters. The van der Waals surface area contributed by atoms with Crippen LogP contribution in [-0.2, 0) is 6.54 Å². The molecule has 0 aliphatic heterocycles. The summed E-state index contributed by atoms with van der Waals surface area (Å²) in [5, 5.41) is 14.1. The summed E-state index contributed by atoms with van der Waals surface area (Å²) in [7, 11) is 0. The monoisotopic (exact) mass is 322 g/mol. The normalized spacial score (nSPS) is 10.3. The van der Waals surface area contributed by atoms with Gasteiger partial charge in [-0.3, -0.25) is 0 Å². The minimum atomic E-state index is 0.418. The topological polar surface area (TPSA) is 67.6 Å². The number of nitrogen functional groups attached to an aromatic ring is 1. The second-order valence-electron chi connectivity index (χ2n) is 3.67. The van der Waals surface area contributed by atoms with Crippen LogP contribution in [0.2, 0.25) is 0 Å². The molecule has 0 bridgehead atoms. The second kappa shape index (κ2) is 5.46. The summed E-state index contributed by atoms with van der Waals surface area (Å²) in [5.74, 6) is 0.418. The molecule has 92 valence electrons.